The number of nitrogens with zero attached hydrogens (tertiary/aromatic N) is 2. The predicted molar refractivity (Wildman–Crippen MR) is 69.8 cm³/mol. The van der Waals surface area contributed by atoms with E-state index in [9.17, 15) is 0 Å². The van der Waals surface area contributed by atoms with E-state index in [0.717, 1.165) is 26.2 Å². The van der Waals surface area contributed by atoms with Crippen LogP contribution in [0.15, 0.2) is 18.5 Å². The van der Waals surface area contributed by atoms with Crippen molar-refractivity contribution in [1.82, 2.24) is 10.3 Å². The Labute approximate surface area is 104 Å². The van der Waals surface area contributed by atoms with E-state index in [1.807, 2.05) is 12.4 Å². The zero-order valence-corrected chi connectivity index (χ0v) is 11.5. The second-order valence-electron chi connectivity index (χ2n) is 3.90. The molecule has 0 radical (unpaired) electrons. The molecule has 0 aromatic carbocycles. The first kappa shape index (κ1) is 11.9. The second kappa shape index (κ2) is 6.24. The summed E-state index contributed by atoms with van der Waals surface area (Å²) in [6.07, 6.45) is 5.24. The van der Waals surface area contributed by atoms with Crippen molar-refractivity contribution in [1.29, 1.82) is 0 Å². The fourth-order valence-electron chi connectivity index (χ4n) is 1.93. The van der Waals surface area contributed by atoms with Gasteiger partial charge < -0.3 is 0 Å². The van der Waals surface area contributed by atoms with Gasteiger partial charge in [-0.25, -0.2) is 0 Å². The maximum absolute atomic E-state index is 4.36. The molecule has 1 aliphatic rings. The summed E-state index contributed by atoms with van der Waals surface area (Å²) in [6.45, 7) is 6.72. The summed E-state index contributed by atoms with van der Waals surface area (Å²) in [7, 11) is 0. The van der Waals surface area contributed by atoms with Gasteiger partial charge in [-0.1, -0.05) is 0 Å². The van der Waals surface area contributed by atoms with Crippen molar-refractivity contribution in [3.05, 3.63) is 18.5 Å². The Kier molecular flexibility index (Phi) is 4.64. The molecule has 1 aliphatic heterocycles. The minimum atomic E-state index is 0.590. The van der Waals surface area contributed by atoms with Gasteiger partial charge in [0.1, 0.15) is 0 Å². The van der Waals surface area contributed by atoms with Crippen molar-refractivity contribution >= 4 is 25.1 Å². The van der Waals surface area contributed by atoms with Gasteiger partial charge in [0.2, 0.25) is 0 Å². The summed E-state index contributed by atoms with van der Waals surface area (Å²) in [4.78, 5) is 6.81. The fourth-order valence-corrected chi connectivity index (χ4v) is 3.34. The molecule has 0 spiro atoms. The predicted octanol–water partition coefficient (Wildman–Crippen LogP) is 0.649. The summed E-state index contributed by atoms with van der Waals surface area (Å²) in [6, 6.07) is 2.32. The Balaban J connectivity index is 2.08. The number of nitrogens with one attached hydrogen (secondary N) is 1. The summed E-state index contributed by atoms with van der Waals surface area (Å²) in [5.74, 6) is 0. The van der Waals surface area contributed by atoms with E-state index >= 15 is 0 Å². The van der Waals surface area contributed by atoms with Gasteiger partial charge in [0.05, 0.1) is 0 Å². The molecular formula is C12H19N3Se. The van der Waals surface area contributed by atoms with E-state index in [4.69, 9.17) is 0 Å². The number of rotatable bonds is 3. The molecular weight excluding hydrogens is 265 g/mol. The van der Waals surface area contributed by atoms with Crippen LogP contribution in [0, 0.1) is 0 Å². The van der Waals surface area contributed by atoms with Crippen LogP contribution in [0.25, 0.3) is 0 Å². The van der Waals surface area contributed by atoms with Gasteiger partial charge in [-0.2, -0.15) is 0 Å². The van der Waals surface area contributed by atoms with Crippen LogP contribution in [0.1, 0.15) is 13.3 Å². The van der Waals surface area contributed by atoms with Crippen LogP contribution >= 0.6 is 0 Å². The molecule has 2 heterocycles. The van der Waals surface area contributed by atoms with E-state index in [0.29, 0.717) is 15.0 Å². The molecule has 1 N–H and O–H groups in total. The molecule has 1 saturated heterocycles. The summed E-state index contributed by atoms with van der Waals surface area (Å²) >= 11 is 0.590. The molecule has 1 fully saturated rings. The first-order valence-electron chi connectivity index (χ1n) is 5.93. The van der Waals surface area contributed by atoms with Crippen LogP contribution in [0.3, 0.4) is 0 Å². The van der Waals surface area contributed by atoms with Crippen molar-refractivity contribution in [3.63, 3.8) is 0 Å². The van der Waals surface area contributed by atoms with Crippen molar-refractivity contribution in [2.75, 3.05) is 31.1 Å². The van der Waals surface area contributed by atoms with E-state index in [-0.39, 0.29) is 0 Å². The van der Waals surface area contributed by atoms with Gasteiger partial charge in [0, 0.05) is 0 Å². The van der Waals surface area contributed by atoms with Gasteiger partial charge in [-0.05, 0) is 0 Å². The van der Waals surface area contributed by atoms with E-state index in [1.165, 1.54) is 21.9 Å². The first-order valence-corrected chi connectivity index (χ1v) is 8.00. The SMILES string of the molecule is CC[Se]c1cncc(N2CCCNCC2)c1. The van der Waals surface area contributed by atoms with Crippen LogP contribution < -0.4 is 14.7 Å². The van der Waals surface area contributed by atoms with Crippen LogP contribution in [-0.4, -0.2) is 46.1 Å². The zero-order chi connectivity index (χ0) is 11.2. The summed E-state index contributed by atoms with van der Waals surface area (Å²) in [5.41, 5.74) is 1.30. The molecule has 88 valence electrons. The molecule has 1 aromatic heterocycles. The average Bonchev–Trinajstić information content (AvgIpc) is 2.58. The molecule has 4 heteroatoms. The third-order valence-electron chi connectivity index (χ3n) is 2.71. The Hall–Kier alpha value is -0.571. The quantitative estimate of drug-likeness (QED) is 0.826. The van der Waals surface area contributed by atoms with E-state index in [1.54, 1.807) is 0 Å². The normalized spacial score (nSPS) is 17.2. The molecule has 3 nitrogen and oxygen atoms in total. The Bertz CT molecular complexity index is 322. The van der Waals surface area contributed by atoms with Crippen LogP contribution in [0.2, 0.25) is 5.32 Å². The maximum atomic E-state index is 4.36. The summed E-state index contributed by atoms with van der Waals surface area (Å²) < 4.78 is 1.42. The van der Waals surface area contributed by atoms with Gasteiger partial charge in [0.25, 0.3) is 0 Å². The average molecular weight is 284 g/mol. The number of pyridine rings is 1. The Morgan fingerprint density at radius 2 is 2.31 bits per heavy atom. The number of anilines is 1. The summed E-state index contributed by atoms with van der Waals surface area (Å²) in [5, 5.41) is 4.68. The number of aromatic nitrogens is 1. The standard InChI is InChI=1S/C12H19N3Se/c1-2-16-12-8-11(9-14-10-12)15-6-3-4-13-5-7-15/h8-10,13H,2-7H2,1H3. The molecule has 0 unspecified atom stereocenters. The van der Waals surface area contributed by atoms with Crippen molar-refractivity contribution in [2.45, 2.75) is 18.7 Å². The fraction of sp³-hybridized carbons (Fsp3) is 0.583. The van der Waals surface area contributed by atoms with Gasteiger partial charge in [-0.3, -0.25) is 0 Å². The van der Waals surface area contributed by atoms with E-state index < -0.39 is 0 Å². The Morgan fingerprint density at radius 3 is 3.19 bits per heavy atom. The molecule has 0 aliphatic carbocycles. The minimum absolute atomic E-state index is 0.590. The van der Waals surface area contributed by atoms with E-state index in [2.05, 4.69) is 28.2 Å². The van der Waals surface area contributed by atoms with Crippen molar-refractivity contribution in [3.8, 4) is 0 Å². The van der Waals surface area contributed by atoms with Gasteiger partial charge >= 0.3 is 104 Å². The monoisotopic (exact) mass is 285 g/mol. The number of hydrogen-bond donors (Lipinski definition) is 1. The molecule has 0 amide bonds. The Morgan fingerprint density at radius 1 is 1.38 bits per heavy atom. The first-order chi connectivity index (χ1) is 7.90. The topological polar surface area (TPSA) is 28.2 Å². The number of hydrogen-bond acceptors (Lipinski definition) is 3. The van der Waals surface area contributed by atoms with Crippen LogP contribution in [-0.2, 0) is 0 Å². The van der Waals surface area contributed by atoms with Crippen LogP contribution in [0.5, 0.6) is 0 Å². The molecule has 2 rings (SSSR count). The second-order valence-corrected chi connectivity index (χ2v) is 6.71. The van der Waals surface area contributed by atoms with Crippen molar-refractivity contribution < 1.29 is 0 Å². The van der Waals surface area contributed by atoms with Crippen LogP contribution in [0.4, 0.5) is 5.69 Å². The molecule has 0 atom stereocenters. The van der Waals surface area contributed by atoms with Gasteiger partial charge in [0.15, 0.2) is 0 Å². The van der Waals surface area contributed by atoms with Gasteiger partial charge in [-0.15, -0.1) is 0 Å². The third-order valence-corrected chi connectivity index (χ3v) is 4.49. The van der Waals surface area contributed by atoms with Crippen molar-refractivity contribution in [2.24, 2.45) is 0 Å². The molecule has 16 heavy (non-hydrogen) atoms. The zero-order valence-electron chi connectivity index (χ0n) is 9.78. The molecule has 1 aromatic rings. The molecule has 0 saturated carbocycles. The third kappa shape index (κ3) is 3.21. The molecule has 0 bridgehead atoms.